The summed E-state index contributed by atoms with van der Waals surface area (Å²) in [5.74, 6) is 1.12. The number of aliphatic carboxylic acids is 1. The lowest BCUT2D eigenvalue weighted by Crippen LogP contribution is -2.35. The maximum Gasteiger partial charge on any atom is 0.303 e. The van der Waals surface area contributed by atoms with Gasteiger partial charge in [0.2, 0.25) is 0 Å². The minimum atomic E-state index is -0.720. The van der Waals surface area contributed by atoms with Crippen LogP contribution in [0.2, 0.25) is 0 Å². The minimum Gasteiger partial charge on any atom is -0.481 e. The quantitative estimate of drug-likeness (QED) is 0.839. The van der Waals surface area contributed by atoms with Gasteiger partial charge in [-0.25, -0.2) is 4.39 Å². The van der Waals surface area contributed by atoms with Crippen LogP contribution in [0.3, 0.4) is 0 Å². The molecule has 0 spiro atoms. The van der Waals surface area contributed by atoms with Gasteiger partial charge >= 0.3 is 5.97 Å². The summed E-state index contributed by atoms with van der Waals surface area (Å²) in [6, 6.07) is 8.61. The maximum atomic E-state index is 13.3. The van der Waals surface area contributed by atoms with Gasteiger partial charge in [0.25, 0.3) is 0 Å². The second-order valence-electron chi connectivity index (χ2n) is 6.90. The molecule has 2 aromatic rings. The highest BCUT2D eigenvalue weighted by Gasteiger charge is 2.21. The van der Waals surface area contributed by atoms with Crippen molar-refractivity contribution in [3.05, 3.63) is 47.5 Å². The van der Waals surface area contributed by atoms with Crippen LogP contribution < -0.4 is 0 Å². The summed E-state index contributed by atoms with van der Waals surface area (Å²) in [5.41, 5.74) is 1.76. The Labute approximate surface area is 147 Å². The molecule has 1 saturated heterocycles. The highest BCUT2D eigenvalue weighted by molar-refractivity contribution is 5.66. The molecule has 2 heterocycles. The van der Waals surface area contributed by atoms with Gasteiger partial charge < -0.3 is 9.52 Å². The van der Waals surface area contributed by atoms with Gasteiger partial charge in [0, 0.05) is 18.5 Å². The van der Waals surface area contributed by atoms with Crippen LogP contribution in [0.5, 0.6) is 0 Å². The van der Waals surface area contributed by atoms with Gasteiger partial charge in [0.15, 0.2) is 0 Å². The number of likely N-dealkylation sites (tertiary alicyclic amines) is 1. The molecular formula is C20H24FNO3. The van der Waals surface area contributed by atoms with E-state index in [0.717, 1.165) is 61.5 Å². The van der Waals surface area contributed by atoms with Crippen molar-refractivity contribution in [2.24, 2.45) is 5.92 Å². The first-order valence-electron chi connectivity index (χ1n) is 8.80. The smallest absolute Gasteiger partial charge is 0.303 e. The van der Waals surface area contributed by atoms with Crippen LogP contribution >= 0.6 is 0 Å². The van der Waals surface area contributed by atoms with Crippen molar-refractivity contribution in [2.45, 2.75) is 39.2 Å². The Morgan fingerprint density at radius 2 is 2.20 bits per heavy atom. The zero-order valence-electron chi connectivity index (χ0n) is 14.5. The van der Waals surface area contributed by atoms with Crippen molar-refractivity contribution in [3.63, 3.8) is 0 Å². The van der Waals surface area contributed by atoms with E-state index in [1.807, 2.05) is 19.1 Å². The monoisotopic (exact) mass is 345 g/mol. The molecule has 4 nitrogen and oxygen atoms in total. The van der Waals surface area contributed by atoms with Gasteiger partial charge in [-0.3, -0.25) is 9.69 Å². The Morgan fingerprint density at radius 1 is 1.36 bits per heavy atom. The summed E-state index contributed by atoms with van der Waals surface area (Å²) >= 11 is 0. The molecule has 0 amide bonds. The summed E-state index contributed by atoms with van der Waals surface area (Å²) < 4.78 is 19.2. The number of benzene rings is 1. The van der Waals surface area contributed by atoms with Crippen LogP contribution in [0.25, 0.3) is 11.3 Å². The van der Waals surface area contributed by atoms with E-state index < -0.39 is 5.97 Å². The predicted octanol–water partition coefficient (Wildman–Crippen LogP) is 4.47. The van der Waals surface area contributed by atoms with E-state index in [4.69, 9.17) is 9.52 Å². The molecule has 0 radical (unpaired) electrons. The number of rotatable bonds is 6. The topological polar surface area (TPSA) is 53.7 Å². The first kappa shape index (κ1) is 17.7. The van der Waals surface area contributed by atoms with E-state index in [1.54, 1.807) is 6.07 Å². The normalized spacial score (nSPS) is 18.4. The number of aryl methyl sites for hydroxylation is 1. The molecule has 1 aromatic heterocycles. The van der Waals surface area contributed by atoms with E-state index >= 15 is 0 Å². The lowest BCUT2D eigenvalue weighted by molar-refractivity contribution is -0.137. The lowest BCUT2D eigenvalue weighted by atomic mass is 9.93. The summed E-state index contributed by atoms with van der Waals surface area (Å²) in [7, 11) is 0. The first-order chi connectivity index (χ1) is 12.0. The lowest BCUT2D eigenvalue weighted by Gasteiger charge is -2.31. The fourth-order valence-corrected chi connectivity index (χ4v) is 3.59. The third-order valence-electron chi connectivity index (χ3n) is 4.86. The van der Waals surface area contributed by atoms with Gasteiger partial charge in [-0.05, 0) is 74.5 Å². The second kappa shape index (κ2) is 7.83. The molecule has 1 N–H and O–H groups in total. The largest absolute Gasteiger partial charge is 0.481 e. The highest BCUT2D eigenvalue weighted by atomic mass is 19.1. The molecule has 1 aliphatic heterocycles. The Morgan fingerprint density at radius 3 is 2.96 bits per heavy atom. The van der Waals surface area contributed by atoms with Crippen LogP contribution in [-0.2, 0) is 11.3 Å². The Kier molecular flexibility index (Phi) is 5.53. The first-order valence-corrected chi connectivity index (χ1v) is 8.80. The average Bonchev–Trinajstić information content (AvgIpc) is 3.01. The molecule has 0 aliphatic carbocycles. The SMILES string of the molecule is Cc1cc(F)ccc1-c1ccc(CN2CCCC(CCC(=O)O)C2)o1. The number of carboxylic acids is 1. The Balaban J connectivity index is 1.62. The van der Waals surface area contributed by atoms with Gasteiger partial charge in [0.1, 0.15) is 17.3 Å². The number of carboxylic acid groups (broad SMARTS) is 1. The number of halogens is 1. The fourth-order valence-electron chi connectivity index (χ4n) is 3.59. The molecule has 0 bridgehead atoms. The van der Waals surface area contributed by atoms with Crippen LogP contribution in [0.1, 0.15) is 37.0 Å². The van der Waals surface area contributed by atoms with Gasteiger partial charge in [-0.2, -0.15) is 0 Å². The van der Waals surface area contributed by atoms with E-state index in [0.29, 0.717) is 5.92 Å². The van der Waals surface area contributed by atoms with E-state index in [9.17, 15) is 9.18 Å². The van der Waals surface area contributed by atoms with Crippen LogP contribution in [0.4, 0.5) is 4.39 Å². The molecule has 1 aliphatic rings. The van der Waals surface area contributed by atoms with Crippen molar-refractivity contribution >= 4 is 5.97 Å². The van der Waals surface area contributed by atoms with Crippen LogP contribution in [-0.4, -0.2) is 29.1 Å². The highest BCUT2D eigenvalue weighted by Crippen LogP contribution is 2.28. The molecule has 134 valence electrons. The van der Waals surface area contributed by atoms with E-state index in [1.165, 1.54) is 12.1 Å². The number of hydrogen-bond donors (Lipinski definition) is 1. The van der Waals surface area contributed by atoms with Gasteiger partial charge in [0.05, 0.1) is 6.54 Å². The van der Waals surface area contributed by atoms with Crippen molar-refractivity contribution in [3.8, 4) is 11.3 Å². The van der Waals surface area contributed by atoms with Crippen molar-refractivity contribution < 1.29 is 18.7 Å². The van der Waals surface area contributed by atoms with Crippen LogP contribution in [0.15, 0.2) is 34.7 Å². The van der Waals surface area contributed by atoms with Gasteiger partial charge in [-0.15, -0.1) is 0 Å². The molecule has 1 fully saturated rings. The van der Waals surface area contributed by atoms with Gasteiger partial charge in [-0.1, -0.05) is 0 Å². The Hall–Kier alpha value is -2.14. The zero-order chi connectivity index (χ0) is 17.8. The molecule has 3 rings (SSSR count). The summed E-state index contributed by atoms with van der Waals surface area (Å²) in [5, 5.41) is 8.84. The van der Waals surface area contributed by atoms with Crippen molar-refractivity contribution in [2.75, 3.05) is 13.1 Å². The van der Waals surface area contributed by atoms with Crippen molar-refractivity contribution in [1.82, 2.24) is 4.90 Å². The minimum absolute atomic E-state index is 0.242. The number of hydrogen-bond acceptors (Lipinski definition) is 3. The third kappa shape index (κ3) is 4.69. The van der Waals surface area contributed by atoms with Crippen molar-refractivity contribution in [1.29, 1.82) is 0 Å². The molecule has 1 unspecified atom stereocenters. The number of carbonyl (C=O) groups is 1. The standard InChI is InChI=1S/C20H24FNO3/c1-14-11-16(21)5-7-18(14)19-8-6-17(25-19)13-22-10-2-3-15(12-22)4-9-20(23)24/h5-8,11,15H,2-4,9-10,12-13H2,1H3,(H,23,24). The van der Waals surface area contributed by atoms with E-state index in [2.05, 4.69) is 4.90 Å². The number of piperidine rings is 1. The third-order valence-corrected chi connectivity index (χ3v) is 4.86. The van der Waals surface area contributed by atoms with Crippen LogP contribution in [0, 0.1) is 18.7 Å². The molecular weight excluding hydrogens is 321 g/mol. The fraction of sp³-hybridized carbons (Fsp3) is 0.450. The maximum absolute atomic E-state index is 13.3. The number of nitrogens with zero attached hydrogens (tertiary/aromatic N) is 1. The second-order valence-corrected chi connectivity index (χ2v) is 6.90. The number of furan rings is 1. The predicted molar refractivity (Wildman–Crippen MR) is 93.7 cm³/mol. The summed E-state index contributed by atoms with van der Waals surface area (Å²) in [6.07, 6.45) is 3.17. The molecule has 1 aromatic carbocycles. The van der Waals surface area contributed by atoms with E-state index in [-0.39, 0.29) is 12.2 Å². The Bertz CT molecular complexity index is 740. The summed E-state index contributed by atoms with van der Waals surface area (Å²) in [4.78, 5) is 13.1. The average molecular weight is 345 g/mol. The molecule has 1 atom stereocenters. The summed E-state index contributed by atoms with van der Waals surface area (Å²) in [6.45, 7) is 4.52. The zero-order valence-corrected chi connectivity index (χ0v) is 14.5. The molecule has 0 saturated carbocycles. The molecule has 25 heavy (non-hydrogen) atoms. The molecule has 5 heteroatoms.